The highest BCUT2D eigenvalue weighted by Gasteiger charge is 2.41. The summed E-state index contributed by atoms with van der Waals surface area (Å²) in [6.07, 6.45) is 15.8. The SMILES string of the molecule is CCC1(CC)c2cc(/C=C/c3ccc(-c4ccc(C)c(-c5ccccc5)c4)cc3)ccc2-c2ccc(N(C3=CCCC=C3)c3ccccc3)cc21. The highest BCUT2D eigenvalue weighted by molar-refractivity contribution is 5.86. The predicted octanol–water partition coefficient (Wildman–Crippen LogP) is 14.0. The van der Waals surface area contributed by atoms with E-state index in [-0.39, 0.29) is 5.41 Å². The first-order valence-electron chi connectivity index (χ1n) is 18.5. The van der Waals surface area contributed by atoms with Gasteiger partial charge in [0.15, 0.2) is 0 Å². The van der Waals surface area contributed by atoms with Gasteiger partial charge in [0.2, 0.25) is 0 Å². The maximum Gasteiger partial charge on any atom is 0.0464 e. The van der Waals surface area contributed by atoms with Gasteiger partial charge in [-0.15, -0.1) is 0 Å². The lowest BCUT2D eigenvalue weighted by Gasteiger charge is -2.32. The third-order valence-corrected chi connectivity index (χ3v) is 11.1. The van der Waals surface area contributed by atoms with Crippen molar-refractivity contribution in [3.05, 3.63) is 191 Å². The zero-order valence-electron chi connectivity index (χ0n) is 29.9. The van der Waals surface area contributed by atoms with Gasteiger partial charge in [-0.3, -0.25) is 0 Å². The summed E-state index contributed by atoms with van der Waals surface area (Å²) >= 11 is 0. The summed E-state index contributed by atoms with van der Waals surface area (Å²) in [4.78, 5) is 2.43. The van der Waals surface area contributed by atoms with E-state index in [1.807, 2.05) is 0 Å². The Bertz CT molecular complexity index is 2260. The number of hydrogen-bond acceptors (Lipinski definition) is 1. The van der Waals surface area contributed by atoms with Crippen molar-refractivity contribution >= 4 is 23.5 Å². The number of aryl methyl sites for hydroxylation is 1. The van der Waals surface area contributed by atoms with Gasteiger partial charge in [-0.25, -0.2) is 0 Å². The average molecular weight is 660 g/mol. The summed E-state index contributed by atoms with van der Waals surface area (Å²) in [5.74, 6) is 0. The molecule has 6 aromatic carbocycles. The lowest BCUT2D eigenvalue weighted by Crippen LogP contribution is -2.24. The smallest absolute Gasteiger partial charge is 0.0464 e. The molecular weight excluding hydrogens is 615 g/mol. The van der Waals surface area contributed by atoms with Crippen LogP contribution in [-0.4, -0.2) is 0 Å². The Balaban J connectivity index is 1.08. The van der Waals surface area contributed by atoms with E-state index in [9.17, 15) is 0 Å². The minimum absolute atomic E-state index is 0.0298. The molecule has 0 spiro atoms. The lowest BCUT2D eigenvalue weighted by molar-refractivity contribution is 0.490. The normalized spacial score (nSPS) is 14.3. The molecule has 8 rings (SSSR count). The van der Waals surface area contributed by atoms with Crippen LogP contribution in [0.1, 0.15) is 67.3 Å². The quantitative estimate of drug-likeness (QED) is 0.140. The van der Waals surface area contributed by atoms with Crippen LogP contribution in [0.4, 0.5) is 11.4 Å². The molecule has 1 nitrogen and oxygen atoms in total. The molecule has 0 unspecified atom stereocenters. The second-order valence-electron chi connectivity index (χ2n) is 14.0. The van der Waals surface area contributed by atoms with Crippen molar-refractivity contribution in [3.63, 3.8) is 0 Å². The summed E-state index contributed by atoms with van der Waals surface area (Å²) in [5.41, 5.74) is 18.0. The molecule has 0 aliphatic heterocycles. The summed E-state index contributed by atoms with van der Waals surface area (Å²) in [6.45, 7) is 6.90. The zero-order chi connectivity index (χ0) is 34.8. The molecule has 0 N–H and O–H groups in total. The maximum atomic E-state index is 2.48. The Morgan fingerprint density at radius 1 is 0.549 bits per heavy atom. The first-order chi connectivity index (χ1) is 25.1. The van der Waals surface area contributed by atoms with Gasteiger partial charge < -0.3 is 4.90 Å². The largest absolute Gasteiger partial charge is 0.311 e. The summed E-state index contributed by atoms with van der Waals surface area (Å²) < 4.78 is 0. The van der Waals surface area contributed by atoms with E-state index in [4.69, 9.17) is 0 Å². The third kappa shape index (κ3) is 6.08. The van der Waals surface area contributed by atoms with Crippen molar-refractivity contribution in [2.75, 3.05) is 4.90 Å². The van der Waals surface area contributed by atoms with Crippen molar-refractivity contribution < 1.29 is 0 Å². The molecule has 0 bridgehead atoms. The molecule has 2 aliphatic carbocycles. The van der Waals surface area contributed by atoms with E-state index in [0.29, 0.717) is 0 Å². The van der Waals surface area contributed by atoms with E-state index < -0.39 is 0 Å². The maximum absolute atomic E-state index is 2.48. The molecule has 0 saturated carbocycles. The predicted molar refractivity (Wildman–Crippen MR) is 219 cm³/mol. The van der Waals surface area contributed by atoms with Crippen LogP contribution < -0.4 is 4.90 Å². The van der Waals surface area contributed by atoms with Crippen LogP contribution in [0.5, 0.6) is 0 Å². The summed E-state index contributed by atoms with van der Waals surface area (Å²) in [7, 11) is 0. The Labute approximate surface area is 304 Å². The highest BCUT2D eigenvalue weighted by Crippen LogP contribution is 2.54. The van der Waals surface area contributed by atoms with Gasteiger partial charge >= 0.3 is 0 Å². The van der Waals surface area contributed by atoms with Crippen LogP contribution in [-0.2, 0) is 5.41 Å². The van der Waals surface area contributed by atoms with Crippen molar-refractivity contribution in [1.29, 1.82) is 0 Å². The molecule has 0 heterocycles. The van der Waals surface area contributed by atoms with E-state index in [0.717, 1.165) is 25.7 Å². The topological polar surface area (TPSA) is 3.24 Å². The average Bonchev–Trinajstić information content (AvgIpc) is 3.47. The van der Waals surface area contributed by atoms with Gasteiger partial charge in [-0.05, 0) is 130 Å². The van der Waals surface area contributed by atoms with E-state index >= 15 is 0 Å². The van der Waals surface area contributed by atoms with Crippen molar-refractivity contribution in [2.45, 2.75) is 51.9 Å². The lowest BCUT2D eigenvalue weighted by atomic mass is 9.73. The molecule has 51 heavy (non-hydrogen) atoms. The Morgan fingerprint density at radius 2 is 1.20 bits per heavy atom. The number of allylic oxidation sites excluding steroid dienone is 3. The van der Waals surface area contributed by atoms with E-state index in [1.54, 1.807) is 0 Å². The molecule has 0 amide bonds. The van der Waals surface area contributed by atoms with Gasteiger partial charge in [0.1, 0.15) is 0 Å². The Morgan fingerprint density at radius 3 is 1.90 bits per heavy atom. The molecule has 1 heteroatoms. The molecule has 0 saturated heterocycles. The number of hydrogen-bond donors (Lipinski definition) is 0. The van der Waals surface area contributed by atoms with Gasteiger partial charge in [0.05, 0.1) is 0 Å². The van der Waals surface area contributed by atoms with Crippen molar-refractivity contribution in [3.8, 4) is 33.4 Å². The molecular formula is C50H45N. The number of fused-ring (bicyclic) bond motifs is 3. The van der Waals surface area contributed by atoms with Crippen molar-refractivity contribution in [1.82, 2.24) is 0 Å². The summed E-state index contributed by atoms with van der Waals surface area (Å²) in [5, 5.41) is 0. The monoisotopic (exact) mass is 659 g/mol. The minimum Gasteiger partial charge on any atom is -0.311 e. The molecule has 0 aromatic heterocycles. The van der Waals surface area contributed by atoms with Gasteiger partial charge in [-0.1, -0.05) is 147 Å². The summed E-state index contributed by atoms with van der Waals surface area (Å²) in [6, 6.07) is 51.5. The number of para-hydroxylation sites is 1. The minimum atomic E-state index is -0.0298. The highest BCUT2D eigenvalue weighted by atomic mass is 15.1. The molecule has 2 aliphatic rings. The molecule has 0 fully saturated rings. The first kappa shape index (κ1) is 32.5. The van der Waals surface area contributed by atoms with Crippen LogP contribution in [0.2, 0.25) is 0 Å². The Kier molecular flexibility index (Phi) is 8.88. The Hall–Kier alpha value is -5.66. The van der Waals surface area contributed by atoms with Crippen LogP contribution in [0.3, 0.4) is 0 Å². The second kappa shape index (κ2) is 13.9. The standard InChI is InChI=1S/C50H45N/c1-4-50(5-2)48-33-38(23-22-37-24-28-39(29-25-37)41-27-21-36(3)47(34-41)40-15-9-6-10-16-40)26-31-45(48)46-32-30-44(35-49(46)50)51(42-17-11-7-12-18-42)43-19-13-8-14-20-43/h6-7,9-13,15-35H,4-5,8,14H2,1-3H3/b23-22+. The molecule has 0 atom stereocenters. The second-order valence-corrected chi connectivity index (χ2v) is 14.0. The first-order valence-corrected chi connectivity index (χ1v) is 18.5. The molecule has 6 aromatic rings. The van der Waals surface area contributed by atoms with Gasteiger partial charge in [-0.2, -0.15) is 0 Å². The van der Waals surface area contributed by atoms with Crippen LogP contribution in [0, 0.1) is 6.92 Å². The molecule has 250 valence electrons. The third-order valence-electron chi connectivity index (χ3n) is 11.1. The fraction of sp³-hybridized carbons (Fsp3) is 0.160. The van der Waals surface area contributed by atoms with Crippen LogP contribution in [0.15, 0.2) is 163 Å². The van der Waals surface area contributed by atoms with Gasteiger partial charge in [0, 0.05) is 22.5 Å². The number of anilines is 2. The number of rotatable bonds is 9. The zero-order valence-corrected chi connectivity index (χ0v) is 29.9. The van der Waals surface area contributed by atoms with Crippen LogP contribution >= 0.6 is 0 Å². The van der Waals surface area contributed by atoms with Gasteiger partial charge in [0.25, 0.3) is 0 Å². The van der Waals surface area contributed by atoms with E-state index in [2.05, 4.69) is 196 Å². The number of benzene rings is 6. The number of nitrogens with zero attached hydrogens (tertiary/aromatic N) is 1. The fourth-order valence-electron chi connectivity index (χ4n) is 8.25. The molecule has 0 radical (unpaired) electrons. The van der Waals surface area contributed by atoms with Crippen LogP contribution in [0.25, 0.3) is 45.5 Å². The van der Waals surface area contributed by atoms with E-state index in [1.165, 1.54) is 78.3 Å². The van der Waals surface area contributed by atoms with Crippen molar-refractivity contribution in [2.24, 2.45) is 0 Å². The fourth-order valence-corrected chi connectivity index (χ4v) is 8.25.